The number of aryl methyl sites for hydroxylation is 1. The third-order valence-corrected chi connectivity index (χ3v) is 3.62. The first-order valence-electron chi connectivity index (χ1n) is 4.91. The molecule has 0 bridgehead atoms. The fourth-order valence-corrected chi connectivity index (χ4v) is 2.96. The third kappa shape index (κ3) is 1.50. The monoisotopic (exact) mass is 238 g/mol. The molecule has 0 N–H and O–H groups in total. The van der Waals surface area contributed by atoms with Crippen LogP contribution in [0.2, 0.25) is 0 Å². The standard InChI is InChI=1S/C12H14O3S/c1-7-10(14-3)8-5-6-9(13-2)11(15-4)12(8)16-7/h5-6H,1-4H3. The lowest BCUT2D eigenvalue weighted by Crippen LogP contribution is -1.90. The molecule has 0 spiro atoms. The van der Waals surface area contributed by atoms with E-state index in [0.29, 0.717) is 0 Å². The summed E-state index contributed by atoms with van der Waals surface area (Å²) >= 11 is 1.65. The first kappa shape index (κ1) is 11.1. The predicted octanol–water partition coefficient (Wildman–Crippen LogP) is 3.24. The van der Waals surface area contributed by atoms with Crippen molar-refractivity contribution in [2.24, 2.45) is 0 Å². The van der Waals surface area contributed by atoms with Crippen molar-refractivity contribution in [3.8, 4) is 17.2 Å². The second-order valence-corrected chi connectivity index (χ2v) is 4.59. The van der Waals surface area contributed by atoms with Crippen LogP contribution in [0, 0.1) is 6.92 Å². The molecular formula is C12H14O3S. The SMILES string of the molecule is COc1ccc2c(OC)c(C)sc2c1OC. The van der Waals surface area contributed by atoms with Crippen molar-refractivity contribution in [3.63, 3.8) is 0 Å². The molecule has 2 aromatic rings. The molecule has 0 radical (unpaired) electrons. The first-order valence-corrected chi connectivity index (χ1v) is 5.72. The van der Waals surface area contributed by atoms with E-state index in [1.807, 2.05) is 19.1 Å². The molecule has 3 nitrogen and oxygen atoms in total. The van der Waals surface area contributed by atoms with E-state index in [1.165, 1.54) is 0 Å². The minimum atomic E-state index is 0.749. The Bertz CT molecular complexity index is 516. The molecule has 0 unspecified atom stereocenters. The van der Waals surface area contributed by atoms with Crippen molar-refractivity contribution in [1.29, 1.82) is 0 Å². The lowest BCUT2D eigenvalue weighted by atomic mass is 10.2. The zero-order valence-electron chi connectivity index (χ0n) is 9.79. The van der Waals surface area contributed by atoms with Crippen molar-refractivity contribution >= 4 is 21.4 Å². The molecule has 0 aliphatic rings. The van der Waals surface area contributed by atoms with Crippen molar-refractivity contribution in [2.45, 2.75) is 6.92 Å². The van der Waals surface area contributed by atoms with Gasteiger partial charge in [0.05, 0.1) is 26.0 Å². The molecule has 0 saturated heterocycles. The van der Waals surface area contributed by atoms with Crippen LogP contribution in [0.3, 0.4) is 0 Å². The Balaban J connectivity index is 2.79. The summed E-state index contributed by atoms with van der Waals surface area (Å²) in [6.07, 6.45) is 0. The Hall–Kier alpha value is -1.42. The van der Waals surface area contributed by atoms with Crippen molar-refractivity contribution in [1.82, 2.24) is 0 Å². The Kier molecular flexibility index (Phi) is 2.92. The lowest BCUT2D eigenvalue weighted by Gasteiger charge is -2.08. The highest BCUT2D eigenvalue weighted by atomic mass is 32.1. The quantitative estimate of drug-likeness (QED) is 0.821. The van der Waals surface area contributed by atoms with Gasteiger partial charge in [-0.1, -0.05) is 0 Å². The molecule has 86 valence electrons. The smallest absolute Gasteiger partial charge is 0.178 e. The Morgan fingerprint density at radius 2 is 1.62 bits per heavy atom. The van der Waals surface area contributed by atoms with Crippen LogP contribution in [-0.2, 0) is 0 Å². The Labute approximate surface area is 98.6 Å². The Morgan fingerprint density at radius 1 is 0.938 bits per heavy atom. The van der Waals surface area contributed by atoms with Gasteiger partial charge >= 0.3 is 0 Å². The van der Waals surface area contributed by atoms with Crippen LogP contribution in [0.5, 0.6) is 17.2 Å². The van der Waals surface area contributed by atoms with E-state index in [9.17, 15) is 0 Å². The largest absolute Gasteiger partial charge is 0.495 e. The molecule has 1 heterocycles. The van der Waals surface area contributed by atoms with Gasteiger partial charge in [0, 0.05) is 10.3 Å². The van der Waals surface area contributed by atoms with Gasteiger partial charge in [-0.3, -0.25) is 0 Å². The summed E-state index contributed by atoms with van der Waals surface area (Å²) in [5.74, 6) is 2.44. The van der Waals surface area contributed by atoms with Gasteiger partial charge in [-0.05, 0) is 19.1 Å². The normalized spacial score (nSPS) is 10.5. The molecule has 0 aliphatic heterocycles. The molecule has 1 aromatic heterocycles. The van der Waals surface area contributed by atoms with Gasteiger partial charge in [-0.15, -0.1) is 11.3 Å². The second kappa shape index (κ2) is 4.22. The third-order valence-electron chi connectivity index (χ3n) is 2.52. The highest BCUT2D eigenvalue weighted by molar-refractivity contribution is 7.19. The highest BCUT2D eigenvalue weighted by Crippen LogP contribution is 2.45. The Morgan fingerprint density at radius 3 is 2.19 bits per heavy atom. The molecule has 0 atom stereocenters. The van der Waals surface area contributed by atoms with Crippen LogP contribution in [0.15, 0.2) is 12.1 Å². The van der Waals surface area contributed by atoms with E-state index in [1.54, 1.807) is 32.7 Å². The molecule has 4 heteroatoms. The van der Waals surface area contributed by atoms with Gasteiger partial charge in [0.2, 0.25) is 0 Å². The summed E-state index contributed by atoms with van der Waals surface area (Å²) in [7, 11) is 4.98. The van der Waals surface area contributed by atoms with E-state index in [0.717, 1.165) is 32.2 Å². The molecular weight excluding hydrogens is 224 g/mol. The topological polar surface area (TPSA) is 27.7 Å². The predicted molar refractivity (Wildman–Crippen MR) is 66.2 cm³/mol. The number of rotatable bonds is 3. The minimum Gasteiger partial charge on any atom is -0.495 e. The number of fused-ring (bicyclic) bond motifs is 1. The molecule has 1 aromatic carbocycles. The van der Waals surface area contributed by atoms with Gasteiger partial charge < -0.3 is 14.2 Å². The zero-order chi connectivity index (χ0) is 11.7. The molecule has 0 fully saturated rings. The summed E-state index contributed by atoms with van der Waals surface area (Å²) in [5, 5.41) is 1.07. The molecule has 0 amide bonds. The van der Waals surface area contributed by atoms with Gasteiger partial charge in [-0.25, -0.2) is 0 Å². The summed E-state index contributed by atoms with van der Waals surface area (Å²) in [6.45, 7) is 2.04. The summed E-state index contributed by atoms with van der Waals surface area (Å²) in [6, 6.07) is 3.90. The second-order valence-electron chi connectivity index (χ2n) is 3.37. The molecule has 2 rings (SSSR count). The lowest BCUT2D eigenvalue weighted by molar-refractivity contribution is 0.359. The van der Waals surface area contributed by atoms with Crippen LogP contribution in [0.4, 0.5) is 0 Å². The van der Waals surface area contributed by atoms with Crippen molar-refractivity contribution < 1.29 is 14.2 Å². The number of ether oxygens (including phenoxy) is 3. The van der Waals surface area contributed by atoms with Crippen LogP contribution in [0.1, 0.15) is 4.88 Å². The number of methoxy groups -OCH3 is 3. The maximum Gasteiger partial charge on any atom is 0.178 e. The van der Waals surface area contributed by atoms with E-state index in [2.05, 4.69) is 0 Å². The highest BCUT2D eigenvalue weighted by Gasteiger charge is 2.16. The van der Waals surface area contributed by atoms with E-state index in [-0.39, 0.29) is 0 Å². The molecule has 0 aliphatic carbocycles. The van der Waals surface area contributed by atoms with E-state index in [4.69, 9.17) is 14.2 Å². The zero-order valence-corrected chi connectivity index (χ0v) is 10.6. The van der Waals surface area contributed by atoms with Gasteiger partial charge in [0.25, 0.3) is 0 Å². The number of thiophene rings is 1. The summed E-state index contributed by atoms with van der Waals surface area (Å²) < 4.78 is 17.1. The van der Waals surface area contributed by atoms with Crippen LogP contribution in [0.25, 0.3) is 10.1 Å². The number of hydrogen-bond donors (Lipinski definition) is 0. The van der Waals surface area contributed by atoms with E-state index < -0.39 is 0 Å². The number of hydrogen-bond acceptors (Lipinski definition) is 4. The van der Waals surface area contributed by atoms with Gasteiger partial charge in [0.1, 0.15) is 5.75 Å². The van der Waals surface area contributed by atoms with E-state index >= 15 is 0 Å². The fourth-order valence-electron chi connectivity index (χ4n) is 1.82. The molecule has 0 saturated carbocycles. The minimum absolute atomic E-state index is 0.749. The van der Waals surface area contributed by atoms with Crippen LogP contribution < -0.4 is 14.2 Å². The van der Waals surface area contributed by atoms with Gasteiger partial charge in [-0.2, -0.15) is 0 Å². The van der Waals surface area contributed by atoms with Crippen LogP contribution >= 0.6 is 11.3 Å². The average molecular weight is 238 g/mol. The average Bonchev–Trinajstić information content (AvgIpc) is 2.62. The maximum absolute atomic E-state index is 5.39. The van der Waals surface area contributed by atoms with Crippen molar-refractivity contribution in [2.75, 3.05) is 21.3 Å². The number of benzene rings is 1. The maximum atomic E-state index is 5.39. The van der Waals surface area contributed by atoms with Crippen LogP contribution in [-0.4, -0.2) is 21.3 Å². The fraction of sp³-hybridized carbons (Fsp3) is 0.333. The summed E-state index contributed by atoms with van der Waals surface area (Å²) in [5.41, 5.74) is 0. The van der Waals surface area contributed by atoms with Gasteiger partial charge in [0.15, 0.2) is 11.5 Å². The molecule has 16 heavy (non-hydrogen) atoms. The first-order chi connectivity index (χ1) is 7.72. The summed E-state index contributed by atoms with van der Waals surface area (Å²) in [4.78, 5) is 1.14. The van der Waals surface area contributed by atoms with Crippen molar-refractivity contribution in [3.05, 3.63) is 17.0 Å².